The van der Waals surface area contributed by atoms with Gasteiger partial charge in [0.2, 0.25) is 12.2 Å². The number of nitrogens with one attached hydrogen (secondary N) is 3. The van der Waals surface area contributed by atoms with Gasteiger partial charge in [-0.05, 0) is 41.8 Å². The molecule has 3 aromatic rings. The monoisotopic (exact) mass is 833 g/mol. The third kappa shape index (κ3) is 7.24. The Kier molecular flexibility index (Phi) is 11.8. The highest BCUT2D eigenvalue weighted by molar-refractivity contribution is 6.29. The highest BCUT2D eigenvalue weighted by Gasteiger charge is 2.57. The lowest BCUT2D eigenvalue weighted by atomic mass is 9.78. The molecule has 0 aromatic heterocycles. The van der Waals surface area contributed by atoms with Crippen molar-refractivity contribution >= 4 is 29.4 Å². The van der Waals surface area contributed by atoms with Crippen molar-refractivity contribution in [1.29, 1.82) is 0 Å². The van der Waals surface area contributed by atoms with Crippen molar-refractivity contribution in [3.63, 3.8) is 0 Å². The molecule has 60 heavy (non-hydrogen) atoms. The first-order valence-electron chi connectivity index (χ1n) is 19.7. The summed E-state index contributed by atoms with van der Waals surface area (Å²) in [6, 6.07) is 12.4. The number of aliphatic hydroxyl groups excluding tert-OH is 5. The number of para-hydroxylation sites is 1. The Hall–Kier alpha value is -4.90. The zero-order valence-corrected chi connectivity index (χ0v) is 32.2. The van der Waals surface area contributed by atoms with E-state index in [1.54, 1.807) is 12.1 Å². The molecule has 19 heteroatoms. The lowest BCUT2D eigenvalue weighted by Gasteiger charge is -2.47. The van der Waals surface area contributed by atoms with Gasteiger partial charge in [0.1, 0.15) is 49.7 Å². The van der Waals surface area contributed by atoms with Gasteiger partial charge in [0.05, 0.1) is 31.5 Å². The zero-order chi connectivity index (χ0) is 42.5. The average molecular weight is 834 g/mol. The van der Waals surface area contributed by atoms with Crippen molar-refractivity contribution in [2.75, 3.05) is 38.0 Å². The van der Waals surface area contributed by atoms with Gasteiger partial charge in [-0.25, -0.2) is 0 Å². The van der Waals surface area contributed by atoms with Gasteiger partial charge in [-0.1, -0.05) is 24.3 Å². The fourth-order valence-corrected chi connectivity index (χ4v) is 8.75. The number of hydrogen-bond acceptors (Lipinski definition) is 18. The topological polar surface area (TPSA) is 292 Å². The number of rotatable bonds is 10. The first kappa shape index (κ1) is 41.8. The summed E-state index contributed by atoms with van der Waals surface area (Å²) in [6.07, 6.45) is -9.88. The molecule has 11 N–H and O–H groups in total. The molecule has 4 aliphatic heterocycles. The van der Waals surface area contributed by atoms with Crippen molar-refractivity contribution in [2.45, 2.75) is 86.6 Å². The predicted molar refractivity (Wildman–Crippen MR) is 207 cm³/mol. The Labute approximate surface area is 343 Å². The first-order chi connectivity index (χ1) is 28.9. The number of aliphatic hydroxyl groups is 6. The second-order valence-electron chi connectivity index (χ2n) is 15.5. The fraction of sp³-hybridized carbons (Fsp3) is 0.463. The summed E-state index contributed by atoms with van der Waals surface area (Å²) in [4.78, 5) is 55.6. The largest absolute Gasteiger partial charge is 0.486 e. The second kappa shape index (κ2) is 16.9. The smallest absolute Gasteiger partial charge is 0.242 e. The molecule has 3 fully saturated rings. The van der Waals surface area contributed by atoms with E-state index in [1.807, 2.05) is 17.0 Å². The maximum absolute atomic E-state index is 14.7. The highest BCUT2D eigenvalue weighted by Crippen LogP contribution is 2.50. The van der Waals surface area contributed by atoms with E-state index in [2.05, 4.69) is 16.0 Å². The van der Waals surface area contributed by atoms with Crippen LogP contribution >= 0.6 is 0 Å². The Morgan fingerprint density at radius 1 is 1.03 bits per heavy atom. The van der Waals surface area contributed by atoms with E-state index >= 15 is 0 Å². The number of nitrogens with two attached hydrogens (primary N) is 1. The SMILES string of the molecule is NC1NC(=O)C2NCN(c3ccccc3C3CCOCC4OC(Oc5c3cc3c(c5OCC(O)CC=O)C(=O)c5cc(CO)ccc5C3=O)C(O)(CCO)C(O)C4O)C2N1. The molecule has 0 radical (unpaired) electrons. The Balaban J connectivity index is 1.38. The van der Waals surface area contributed by atoms with Crippen LogP contribution in [-0.2, 0) is 25.7 Å². The molecular weight excluding hydrogens is 786 g/mol. The lowest BCUT2D eigenvalue weighted by Crippen LogP contribution is -2.70. The van der Waals surface area contributed by atoms with Crippen LogP contribution in [0.1, 0.15) is 73.7 Å². The number of benzene rings is 3. The number of carbonyl (C=O) groups excluding carboxylic acids is 4. The molecule has 0 saturated carbocycles. The van der Waals surface area contributed by atoms with Gasteiger partial charge in [-0.15, -0.1) is 0 Å². The molecule has 1 aliphatic carbocycles. The second-order valence-corrected chi connectivity index (χ2v) is 15.5. The Morgan fingerprint density at radius 2 is 1.83 bits per heavy atom. The quantitative estimate of drug-likeness (QED) is 0.0759. The minimum Gasteiger partial charge on any atom is -0.486 e. The summed E-state index contributed by atoms with van der Waals surface area (Å²) in [5.41, 5.74) is 5.09. The predicted octanol–water partition coefficient (Wildman–Crippen LogP) is -2.20. The van der Waals surface area contributed by atoms with Gasteiger partial charge < -0.3 is 64.6 Å². The number of ketones is 2. The number of hydrogen-bond donors (Lipinski definition) is 10. The van der Waals surface area contributed by atoms with Crippen LogP contribution in [0.15, 0.2) is 48.5 Å². The molecular formula is C41H47N5O14. The van der Waals surface area contributed by atoms with Crippen LogP contribution in [0.3, 0.4) is 0 Å². The van der Waals surface area contributed by atoms with Crippen molar-refractivity contribution in [2.24, 2.45) is 5.73 Å². The van der Waals surface area contributed by atoms with Crippen LogP contribution in [0, 0.1) is 0 Å². The molecule has 8 rings (SSSR count). The van der Waals surface area contributed by atoms with E-state index in [9.17, 15) is 49.8 Å². The van der Waals surface area contributed by atoms with Crippen molar-refractivity contribution in [1.82, 2.24) is 16.0 Å². The summed E-state index contributed by atoms with van der Waals surface area (Å²) < 4.78 is 25.1. The number of anilines is 1. The summed E-state index contributed by atoms with van der Waals surface area (Å²) in [5, 5.41) is 74.4. The van der Waals surface area contributed by atoms with Crippen LogP contribution in [0.2, 0.25) is 0 Å². The maximum atomic E-state index is 14.7. The molecule has 10 atom stereocenters. The van der Waals surface area contributed by atoms with Crippen molar-refractivity contribution in [3.05, 3.63) is 87.5 Å². The molecule has 10 unspecified atom stereocenters. The number of ether oxygens (including phenoxy) is 4. The molecule has 4 heterocycles. The molecule has 19 nitrogen and oxygen atoms in total. The van der Waals surface area contributed by atoms with Gasteiger partial charge >= 0.3 is 0 Å². The highest BCUT2D eigenvalue weighted by atomic mass is 16.7. The van der Waals surface area contributed by atoms with E-state index in [1.165, 1.54) is 24.3 Å². The fourth-order valence-electron chi connectivity index (χ4n) is 8.75. The van der Waals surface area contributed by atoms with Gasteiger partial charge in [0.15, 0.2) is 28.7 Å². The van der Waals surface area contributed by atoms with E-state index < -0.39 is 98.5 Å². The summed E-state index contributed by atoms with van der Waals surface area (Å²) in [7, 11) is 0. The van der Waals surface area contributed by atoms with E-state index in [-0.39, 0.29) is 77.9 Å². The van der Waals surface area contributed by atoms with Crippen LogP contribution in [-0.4, -0.2) is 142 Å². The molecule has 320 valence electrons. The number of nitrogens with zero attached hydrogens (tertiary/aromatic N) is 1. The summed E-state index contributed by atoms with van der Waals surface area (Å²) in [5.74, 6) is -3.01. The van der Waals surface area contributed by atoms with Crippen LogP contribution in [0.25, 0.3) is 0 Å². The van der Waals surface area contributed by atoms with Gasteiger partial charge in [0, 0.05) is 59.9 Å². The molecule has 3 saturated heterocycles. The molecule has 5 aliphatic rings. The van der Waals surface area contributed by atoms with E-state index in [0.29, 0.717) is 23.1 Å². The standard InChI is InChI=1S/C41H47N5O14/c42-40-44-37-30(38(55)45-40)43-18-46(37)27-4-2-1-3-22(27)21-8-12-57-17-28-33(53)36(54)41(56,9-11-48)39(59-28)60-34-25(21)14-26-29(35(34)58-16-20(50)7-10-47)32(52)24-13-19(15-49)5-6-23(24)31(26)51/h1-6,10,13-14,20-21,28,30,33,36-37,39-40,43-44,48-50,53-54,56H,7-9,11-12,15-18,42H2,(H,45,55). The number of fused-ring (bicyclic) bond motifs is 6. The van der Waals surface area contributed by atoms with Gasteiger partial charge in [-0.3, -0.25) is 30.8 Å². The van der Waals surface area contributed by atoms with Crippen molar-refractivity contribution < 1.29 is 68.8 Å². The van der Waals surface area contributed by atoms with E-state index in [0.717, 1.165) is 0 Å². The van der Waals surface area contributed by atoms with Gasteiger partial charge in [-0.2, -0.15) is 0 Å². The number of carbonyl (C=O) groups is 4. The Morgan fingerprint density at radius 3 is 2.60 bits per heavy atom. The molecule has 3 aromatic carbocycles. The first-order valence-corrected chi connectivity index (χ1v) is 19.7. The van der Waals surface area contributed by atoms with Crippen LogP contribution in [0.4, 0.5) is 5.69 Å². The number of amides is 1. The Bertz CT molecular complexity index is 2170. The van der Waals surface area contributed by atoms with Crippen LogP contribution in [0.5, 0.6) is 11.5 Å². The molecule has 0 spiro atoms. The zero-order valence-electron chi connectivity index (χ0n) is 32.2. The number of aldehydes is 1. The maximum Gasteiger partial charge on any atom is 0.242 e. The van der Waals surface area contributed by atoms with E-state index in [4.69, 9.17) is 24.7 Å². The summed E-state index contributed by atoms with van der Waals surface area (Å²) in [6.45, 7) is -1.76. The molecule has 1 amide bonds. The minimum atomic E-state index is -2.47. The minimum absolute atomic E-state index is 0.00645. The summed E-state index contributed by atoms with van der Waals surface area (Å²) >= 11 is 0. The third-order valence-corrected chi connectivity index (χ3v) is 11.8. The lowest BCUT2D eigenvalue weighted by molar-refractivity contribution is -0.324. The van der Waals surface area contributed by atoms with Crippen LogP contribution < -0.4 is 36.1 Å². The van der Waals surface area contributed by atoms with Crippen molar-refractivity contribution in [3.8, 4) is 11.5 Å². The third-order valence-electron chi connectivity index (χ3n) is 11.8. The average Bonchev–Trinajstić information content (AvgIpc) is 3.65. The van der Waals surface area contributed by atoms with Gasteiger partial charge in [0.25, 0.3) is 0 Å². The molecule has 2 bridgehead atoms. The normalized spacial score (nSPS) is 30.4.